The second kappa shape index (κ2) is 7.50. The smallest absolute Gasteiger partial charge is 0.415 e. The molecule has 0 radical (unpaired) electrons. The van der Waals surface area contributed by atoms with E-state index in [2.05, 4.69) is 20.6 Å². The van der Waals surface area contributed by atoms with Crippen LogP contribution in [0.15, 0.2) is 12.3 Å². The van der Waals surface area contributed by atoms with E-state index in [1.807, 2.05) is 6.92 Å². The Hall–Kier alpha value is -2.09. The van der Waals surface area contributed by atoms with E-state index in [0.717, 1.165) is 25.7 Å². The number of nitrogens with one attached hydrogen (secondary N) is 2. The Morgan fingerprint density at radius 2 is 2.22 bits per heavy atom. The van der Waals surface area contributed by atoms with Gasteiger partial charge in [0.2, 0.25) is 11.9 Å². The maximum atomic E-state index is 12.6. The molecule has 3 fully saturated rings. The fourth-order valence-corrected chi connectivity index (χ4v) is 4.64. The van der Waals surface area contributed by atoms with Gasteiger partial charge in [-0.05, 0) is 44.6 Å². The van der Waals surface area contributed by atoms with Crippen LogP contribution in [-0.4, -0.2) is 52.6 Å². The average Bonchev–Trinajstić information content (AvgIpc) is 3.07. The van der Waals surface area contributed by atoms with Crippen LogP contribution in [0.5, 0.6) is 0 Å². The van der Waals surface area contributed by atoms with Crippen molar-refractivity contribution in [3.8, 4) is 0 Å². The van der Waals surface area contributed by atoms with Gasteiger partial charge in [-0.3, -0.25) is 9.69 Å². The largest absolute Gasteiger partial charge is 0.447 e. The molecule has 5 atom stereocenters. The number of amides is 2. The van der Waals surface area contributed by atoms with Gasteiger partial charge in [0.25, 0.3) is 0 Å². The molecule has 2 aliphatic heterocycles. The van der Waals surface area contributed by atoms with Gasteiger partial charge in [0.15, 0.2) is 0 Å². The predicted molar refractivity (Wildman–Crippen MR) is 101 cm³/mol. The van der Waals surface area contributed by atoms with Gasteiger partial charge in [0.05, 0.1) is 12.5 Å². The first-order valence-electron chi connectivity index (χ1n) is 9.49. The Bertz CT molecular complexity index is 733. The lowest BCUT2D eigenvalue weighted by atomic mass is 9.74. The molecule has 2 N–H and O–H groups in total. The van der Waals surface area contributed by atoms with Crippen molar-refractivity contribution in [1.29, 1.82) is 0 Å². The summed E-state index contributed by atoms with van der Waals surface area (Å²) in [5.41, 5.74) is 0. The molecule has 1 aromatic heterocycles. The van der Waals surface area contributed by atoms with Crippen LogP contribution >= 0.6 is 11.6 Å². The monoisotopic (exact) mass is 393 g/mol. The number of hydrogen-bond donors (Lipinski definition) is 2. The van der Waals surface area contributed by atoms with Crippen molar-refractivity contribution < 1.29 is 14.3 Å². The van der Waals surface area contributed by atoms with Gasteiger partial charge in [0, 0.05) is 23.7 Å². The number of piperidine rings is 1. The molecule has 3 heterocycles. The summed E-state index contributed by atoms with van der Waals surface area (Å²) in [6.45, 7) is 2.79. The second-order valence-corrected chi connectivity index (χ2v) is 8.18. The topological polar surface area (TPSA) is 96.4 Å². The Balaban J connectivity index is 1.43. The Morgan fingerprint density at radius 1 is 1.37 bits per heavy atom. The number of rotatable bonds is 4. The normalized spacial score (nSPS) is 31.7. The minimum atomic E-state index is -0.404. The number of carbonyl (C=O) groups is 2. The minimum absolute atomic E-state index is 0.0727. The van der Waals surface area contributed by atoms with Crippen molar-refractivity contribution in [2.75, 3.05) is 23.4 Å². The third-order valence-electron chi connectivity index (χ3n) is 5.78. The van der Waals surface area contributed by atoms with Gasteiger partial charge in [-0.1, -0.05) is 0 Å². The van der Waals surface area contributed by atoms with Crippen LogP contribution in [-0.2, 0) is 9.53 Å². The Morgan fingerprint density at radius 3 is 3.00 bits per heavy atom. The number of carbonyl (C=O) groups excluding carboxylic acids is 2. The van der Waals surface area contributed by atoms with Crippen molar-refractivity contribution >= 4 is 35.4 Å². The van der Waals surface area contributed by atoms with Gasteiger partial charge in [0.1, 0.15) is 12.4 Å². The molecule has 3 aliphatic rings. The van der Waals surface area contributed by atoms with Crippen molar-refractivity contribution in [3.05, 3.63) is 12.3 Å². The fourth-order valence-electron chi connectivity index (χ4n) is 4.29. The molecule has 146 valence electrons. The SMILES string of the molecule is C[C@H](Nc1nccc(N2CCOC2=O)n1)C1CC2CC(Cl)CCC2NC1=O. The molecule has 1 saturated carbocycles. The van der Waals surface area contributed by atoms with E-state index in [-0.39, 0.29) is 29.3 Å². The maximum absolute atomic E-state index is 12.6. The van der Waals surface area contributed by atoms with Crippen molar-refractivity contribution in [1.82, 2.24) is 15.3 Å². The Kier molecular flexibility index (Phi) is 5.08. The number of fused-ring (bicyclic) bond motifs is 1. The average molecular weight is 394 g/mol. The third kappa shape index (κ3) is 3.81. The quantitative estimate of drug-likeness (QED) is 0.761. The first-order chi connectivity index (χ1) is 13.0. The maximum Gasteiger partial charge on any atom is 0.415 e. The van der Waals surface area contributed by atoms with E-state index < -0.39 is 6.09 Å². The molecular weight excluding hydrogens is 370 g/mol. The standard InChI is InChI=1S/C18H24ClN5O3/c1-10(13-9-11-8-12(19)2-3-14(11)22-16(13)25)21-17-20-5-4-15(23-17)24-6-7-27-18(24)26/h4-5,10-14H,2-3,6-9H2,1H3,(H,22,25)(H,20,21,23)/t10-,11?,12?,13?,14?/m0/s1. The highest BCUT2D eigenvalue weighted by molar-refractivity contribution is 6.20. The van der Waals surface area contributed by atoms with E-state index >= 15 is 0 Å². The zero-order valence-electron chi connectivity index (χ0n) is 15.2. The van der Waals surface area contributed by atoms with Crippen LogP contribution in [0.2, 0.25) is 0 Å². The van der Waals surface area contributed by atoms with Crippen molar-refractivity contribution in [2.45, 2.75) is 50.1 Å². The molecule has 0 bridgehead atoms. The molecule has 0 aromatic carbocycles. The second-order valence-electron chi connectivity index (χ2n) is 7.57. The number of nitrogens with zero attached hydrogens (tertiary/aromatic N) is 3. The van der Waals surface area contributed by atoms with Gasteiger partial charge in [-0.25, -0.2) is 9.78 Å². The third-order valence-corrected chi connectivity index (χ3v) is 6.17. The van der Waals surface area contributed by atoms with Crippen molar-refractivity contribution in [3.63, 3.8) is 0 Å². The lowest BCUT2D eigenvalue weighted by molar-refractivity contribution is -0.130. The summed E-state index contributed by atoms with van der Waals surface area (Å²) >= 11 is 6.33. The molecule has 9 heteroatoms. The van der Waals surface area contributed by atoms with Gasteiger partial charge in [-0.2, -0.15) is 4.98 Å². The van der Waals surface area contributed by atoms with Gasteiger partial charge < -0.3 is 15.4 Å². The van der Waals surface area contributed by atoms with Gasteiger partial charge >= 0.3 is 6.09 Å². The zero-order valence-corrected chi connectivity index (χ0v) is 16.0. The minimum Gasteiger partial charge on any atom is -0.447 e. The number of cyclic esters (lactones) is 1. The summed E-state index contributed by atoms with van der Waals surface area (Å²) in [5.74, 6) is 1.21. The van der Waals surface area contributed by atoms with E-state index in [4.69, 9.17) is 16.3 Å². The summed E-state index contributed by atoms with van der Waals surface area (Å²) in [6, 6.07) is 1.78. The summed E-state index contributed by atoms with van der Waals surface area (Å²) in [6.07, 6.45) is 4.86. The molecular formula is C18H24ClN5O3. The predicted octanol–water partition coefficient (Wildman–Crippen LogP) is 2.15. The highest BCUT2D eigenvalue weighted by atomic mass is 35.5. The molecule has 2 saturated heterocycles. The van der Waals surface area contributed by atoms with Crippen LogP contribution in [0.1, 0.15) is 32.6 Å². The van der Waals surface area contributed by atoms with E-state index in [1.165, 1.54) is 4.90 Å². The van der Waals surface area contributed by atoms with Crippen molar-refractivity contribution in [2.24, 2.45) is 11.8 Å². The van der Waals surface area contributed by atoms with E-state index in [9.17, 15) is 9.59 Å². The van der Waals surface area contributed by atoms with Crippen LogP contribution in [0.25, 0.3) is 0 Å². The number of alkyl halides is 1. The van der Waals surface area contributed by atoms with E-state index in [1.54, 1.807) is 12.3 Å². The summed E-state index contributed by atoms with van der Waals surface area (Å²) in [4.78, 5) is 34.4. The lowest BCUT2D eigenvalue weighted by Gasteiger charge is -2.42. The van der Waals surface area contributed by atoms with E-state index in [0.29, 0.717) is 30.8 Å². The van der Waals surface area contributed by atoms with Crippen LogP contribution < -0.4 is 15.5 Å². The Labute approximate surface area is 163 Å². The molecule has 4 unspecified atom stereocenters. The molecule has 8 nitrogen and oxygen atoms in total. The first-order valence-corrected chi connectivity index (χ1v) is 9.93. The molecule has 27 heavy (non-hydrogen) atoms. The highest BCUT2D eigenvalue weighted by Gasteiger charge is 2.41. The number of ether oxygens (including phenoxy) is 1. The molecule has 0 spiro atoms. The van der Waals surface area contributed by atoms with Gasteiger partial charge in [-0.15, -0.1) is 11.6 Å². The fraction of sp³-hybridized carbons (Fsp3) is 0.667. The number of halogens is 1. The molecule has 1 aliphatic carbocycles. The molecule has 2 amide bonds. The lowest BCUT2D eigenvalue weighted by Crippen LogP contribution is -2.55. The summed E-state index contributed by atoms with van der Waals surface area (Å²) < 4.78 is 4.95. The summed E-state index contributed by atoms with van der Waals surface area (Å²) in [7, 11) is 0. The number of anilines is 2. The van der Waals surface area contributed by atoms with Crippen LogP contribution in [0.4, 0.5) is 16.6 Å². The molecule has 1 aromatic rings. The number of hydrogen-bond acceptors (Lipinski definition) is 6. The zero-order chi connectivity index (χ0) is 19.0. The highest BCUT2D eigenvalue weighted by Crippen LogP contribution is 2.36. The summed E-state index contributed by atoms with van der Waals surface area (Å²) in [5, 5.41) is 6.60. The van der Waals surface area contributed by atoms with Crippen LogP contribution in [0, 0.1) is 11.8 Å². The molecule has 4 rings (SSSR count). The number of aromatic nitrogens is 2. The van der Waals surface area contributed by atoms with Crippen LogP contribution in [0.3, 0.4) is 0 Å². The first kappa shape index (κ1) is 18.3.